The Bertz CT molecular complexity index is 874. The molecule has 134 valence electrons. The van der Waals surface area contributed by atoms with Crippen LogP contribution in [0.5, 0.6) is 0 Å². The number of fused-ring (bicyclic) bond motifs is 1. The second-order valence-electron chi connectivity index (χ2n) is 6.43. The Labute approximate surface area is 151 Å². The maximum atomic E-state index is 13.0. The molecule has 4 rings (SSSR count). The van der Waals surface area contributed by atoms with Gasteiger partial charge in [0.2, 0.25) is 0 Å². The van der Waals surface area contributed by atoms with E-state index in [1.165, 1.54) is 0 Å². The number of hydrogen-bond acceptors (Lipinski definition) is 4. The van der Waals surface area contributed by atoms with Crippen molar-refractivity contribution in [3.05, 3.63) is 54.1 Å². The van der Waals surface area contributed by atoms with Crippen molar-refractivity contribution in [3.63, 3.8) is 0 Å². The summed E-state index contributed by atoms with van der Waals surface area (Å²) in [6.45, 7) is 1.86. The number of ether oxygens (including phenoxy) is 1. The van der Waals surface area contributed by atoms with Gasteiger partial charge in [0.05, 0.1) is 11.8 Å². The molecule has 2 aromatic carbocycles. The summed E-state index contributed by atoms with van der Waals surface area (Å²) in [5.74, 6) is 0. The fraction of sp³-hybridized carbons (Fsp3) is 0.316. The predicted octanol–water partition coefficient (Wildman–Crippen LogP) is 3.17. The molecule has 3 aromatic rings. The molecular weight excluding hydrogens is 330 g/mol. The van der Waals surface area contributed by atoms with E-state index < -0.39 is 0 Å². The van der Waals surface area contributed by atoms with Crippen molar-refractivity contribution < 1.29 is 9.53 Å². The second-order valence-corrected chi connectivity index (χ2v) is 6.43. The van der Waals surface area contributed by atoms with E-state index in [4.69, 9.17) is 4.74 Å². The number of urea groups is 1. The lowest BCUT2D eigenvalue weighted by molar-refractivity contribution is 0.0819. The second kappa shape index (κ2) is 7.53. The first kappa shape index (κ1) is 16.5. The molecule has 7 nitrogen and oxygen atoms in total. The lowest BCUT2D eigenvalue weighted by Crippen LogP contribution is -2.39. The molecule has 1 aliphatic rings. The Balaban J connectivity index is 1.53. The molecule has 0 bridgehead atoms. The molecule has 0 aliphatic carbocycles. The summed E-state index contributed by atoms with van der Waals surface area (Å²) in [5, 5.41) is 13.8. The van der Waals surface area contributed by atoms with E-state index in [0.717, 1.165) is 30.5 Å². The molecule has 0 spiro atoms. The smallest absolute Gasteiger partial charge is 0.322 e. The van der Waals surface area contributed by atoms with Gasteiger partial charge in [-0.15, -0.1) is 0 Å². The lowest BCUT2D eigenvalue weighted by Gasteiger charge is -2.26. The molecule has 2 heterocycles. The monoisotopic (exact) mass is 351 g/mol. The number of benzene rings is 2. The van der Waals surface area contributed by atoms with Gasteiger partial charge in [0.25, 0.3) is 0 Å². The Morgan fingerprint density at radius 2 is 2.08 bits per heavy atom. The van der Waals surface area contributed by atoms with Gasteiger partial charge in [-0.1, -0.05) is 36.4 Å². The van der Waals surface area contributed by atoms with Crippen LogP contribution < -0.4 is 5.32 Å². The first-order chi connectivity index (χ1) is 12.8. The van der Waals surface area contributed by atoms with Crippen LogP contribution in [0.3, 0.4) is 0 Å². The third-order valence-electron chi connectivity index (χ3n) is 4.54. The number of carbonyl (C=O) groups is 1. The van der Waals surface area contributed by atoms with Crippen molar-refractivity contribution >= 4 is 22.8 Å². The Morgan fingerprint density at radius 1 is 1.19 bits per heavy atom. The molecule has 1 saturated heterocycles. The first-order valence-corrected chi connectivity index (χ1v) is 8.80. The molecule has 0 unspecified atom stereocenters. The van der Waals surface area contributed by atoms with E-state index >= 15 is 0 Å². The molecule has 7 heteroatoms. The summed E-state index contributed by atoms with van der Waals surface area (Å²) in [7, 11) is 0. The van der Waals surface area contributed by atoms with Crippen LogP contribution in [0, 0.1) is 0 Å². The highest BCUT2D eigenvalue weighted by Crippen LogP contribution is 2.21. The van der Waals surface area contributed by atoms with Gasteiger partial charge >= 0.3 is 6.03 Å². The number of carbonyl (C=O) groups excluding carboxylic acids is 1. The zero-order valence-corrected chi connectivity index (χ0v) is 14.4. The summed E-state index contributed by atoms with van der Waals surface area (Å²) in [4.78, 5) is 14.8. The fourth-order valence-electron chi connectivity index (χ4n) is 3.22. The van der Waals surface area contributed by atoms with Crippen molar-refractivity contribution in [1.82, 2.24) is 20.3 Å². The van der Waals surface area contributed by atoms with E-state index in [9.17, 15) is 4.79 Å². The number of rotatable bonds is 5. The number of aromatic amines is 1. The van der Waals surface area contributed by atoms with E-state index in [1.807, 2.05) is 48.5 Å². The number of H-pyrrole nitrogens is 1. The van der Waals surface area contributed by atoms with Gasteiger partial charge in [0.15, 0.2) is 0 Å². The molecule has 1 atom stereocenters. The van der Waals surface area contributed by atoms with Gasteiger partial charge in [0, 0.05) is 19.7 Å². The van der Waals surface area contributed by atoms with Crippen molar-refractivity contribution in [2.24, 2.45) is 0 Å². The number of amides is 2. The van der Waals surface area contributed by atoms with Crippen LogP contribution in [-0.2, 0) is 11.3 Å². The minimum absolute atomic E-state index is 0.0901. The van der Waals surface area contributed by atoms with Crippen molar-refractivity contribution in [2.45, 2.75) is 25.5 Å². The first-order valence-electron chi connectivity index (χ1n) is 8.80. The van der Waals surface area contributed by atoms with Gasteiger partial charge in [-0.2, -0.15) is 15.4 Å². The van der Waals surface area contributed by atoms with E-state index in [0.29, 0.717) is 24.3 Å². The molecule has 1 fully saturated rings. The number of anilines is 1. The summed E-state index contributed by atoms with van der Waals surface area (Å²) < 4.78 is 5.73. The summed E-state index contributed by atoms with van der Waals surface area (Å²) in [5.41, 5.74) is 3.10. The van der Waals surface area contributed by atoms with E-state index in [2.05, 4.69) is 20.7 Å². The van der Waals surface area contributed by atoms with Crippen LogP contribution in [-0.4, -0.2) is 45.6 Å². The maximum Gasteiger partial charge on any atom is 0.322 e. The quantitative estimate of drug-likeness (QED) is 0.739. The largest absolute Gasteiger partial charge is 0.376 e. The maximum absolute atomic E-state index is 13.0. The minimum Gasteiger partial charge on any atom is -0.376 e. The third kappa shape index (κ3) is 3.67. The lowest BCUT2D eigenvalue weighted by atomic mass is 10.2. The SMILES string of the molecule is O=C(Nc1cccc2n[nH]nc12)N(Cc1ccccc1)C[C@H]1CCCO1. The Morgan fingerprint density at radius 3 is 2.88 bits per heavy atom. The molecule has 2 amide bonds. The summed E-state index contributed by atoms with van der Waals surface area (Å²) in [6, 6.07) is 15.3. The number of nitrogens with one attached hydrogen (secondary N) is 2. The molecular formula is C19H21N5O2. The number of nitrogens with zero attached hydrogens (tertiary/aromatic N) is 3. The molecule has 26 heavy (non-hydrogen) atoms. The van der Waals surface area contributed by atoms with Gasteiger partial charge in [-0.05, 0) is 30.5 Å². The highest BCUT2D eigenvalue weighted by Gasteiger charge is 2.23. The van der Waals surface area contributed by atoms with Crippen LogP contribution >= 0.6 is 0 Å². The summed E-state index contributed by atoms with van der Waals surface area (Å²) >= 11 is 0. The zero-order chi connectivity index (χ0) is 17.8. The van der Waals surface area contributed by atoms with Crippen LogP contribution in [0.2, 0.25) is 0 Å². The van der Waals surface area contributed by atoms with Gasteiger partial charge in [-0.25, -0.2) is 4.79 Å². The average Bonchev–Trinajstić information content (AvgIpc) is 3.34. The highest BCUT2D eigenvalue weighted by molar-refractivity contribution is 5.98. The molecule has 2 N–H and O–H groups in total. The standard InChI is InChI=1S/C19H21N5O2/c25-19(20-16-9-4-10-17-18(16)22-23-21-17)24(13-15-8-5-11-26-15)12-14-6-2-1-3-7-14/h1-4,6-7,9-10,15H,5,8,11-13H2,(H,20,25)(H,21,22,23)/t15-/m1/s1. The highest BCUT2D eigenvalue weighted by atomic mass is 16.5. The molecule has 0 radical (unpaired) electrons. The Hall–Kier alpha value is -2.93. The van der Waals surface area contributed by atoms with E-state index in [-0.39, 0.29) is 12.1 Å². The van der Waals surface area contributed by atoms with Gasteiger partial charge < -0.3 is 15.0 Å². The van der Waals surface area contributed by atoms with E-state index in [1.54, 1.807) is 4.90 Å². The van der Waals surface area contributed by atoms with Gasteiger partial charge in [-0.3, -0.25) is 0 Å². The molecule has 1 aromatic heterocycles. The fourth-order valence-corrected chi connectivity index (χ4v) is 3.22. The van der Waals surface area contributed by atoms with Crippen LogP contribution in [0.1, 0.15) is 18.4 Å². The summed E-state index contributed by atoms with van der Waals surface area (Å²) in [6.07, 6.45) is 2.12. The number of hydrogen-bond donors (Lipinski definition) is 2. The van der Waals surface area contributed by atoms with Crippen molar-refractivity contribution in [2.75, 3.05) is 18.5 Å². The Kier molecular flexibility index (Phi) is 4.79. The molecule has 0 saturated carbocycles. The van der Waals surface area contributed by atoms with Crippen LogP contribution in [0.25, 0.3) is 11.0 Å². The number of para-hydroxylation sites is 1. The van der Waals surface area contributed by atoms with Crippen molar-refractivity contribution in [1.29, 1.82) is 0 Å². The van der Waals surface area contributed by atoms with Gasteiger partial charge in [0.1, 0.15) is 11.0 Å². The normalized spacial score (nSPS) is 16.7. The van der Waals surface area contributed by atoms with Crippen LogP contribution in [0.4, 0.5) is 10.5 Å². The topological polar surface area (TPSA) is 83.1 Å². The third-order valence-corrected chi connectivity index (χ3v) is 4.54. The zero-order valence-electron chi connectivity index (χ0n) is 14.4. The average molecular weight is 351 g/mol. The minimum atomic E-state index is -0.167. The van der Waals surface area contributed by atoms with Crippen LogP contribution in [0.15, 0.2) is 48.5 Å². The predicted molar refractivity (Wildman–Crippen MR) is 98.7 cm³/mol. The van der Waals surface area contributed by atoms with Crippen molar-refractivity contribution in [3.8, 4) is 0 Å². The number of aromatic nitrogens is 3. The molecule has 1 aliphatic heterocycles.